The standard InChI is InChI=1S/C20H27F3N2O.ClH/c1-14-11-15(7-10-24-14)18(26)25-13-19(8-2-3-9-19)16-5-4-6-17(12-16)20(21,22)23;/h4-6,12,14-15,24H,2-3,7-11,13H2,1H3,(H,25,26);1H/t14-,15-;/m0./s1. The number of piperidine rings is 1. The Bertz CT molecular complexity index is 644. The maximum Gasteiger partial charge on any atom is 0.416 e. The van der Waals surface area contributed by atoms with Gasteiger partial charge in [0, 0.05) is 23.9 Å². The Kier molecular flexibility index (Phi) is 7.20. The monoisotopic (exact) mass is 404 g/mol. The topological polar surface area (TPSA) is 41.1 Å². The van der Waals surface area contributed by atoms with Gasteiger partial charge in [-0.15, -0.1) is 12.4 Å². The molecule has 1 aromatic carbocycles. The van der Waals surface area contributed by atoms with Gasteiger partial charge in [-0.1, -0.05) is 31.0 Å². The van der Waals surface area contributed by atoms with Gasteiger partial charge in [0.25, 0.3) is 0 Å². The number of alkyl halides is 3. The summed E-state index contributed by atoms with van der Waals surface area (Å²) in [6.45, 7) is 3.32. The number of hydrogen-bond acceptors (Lipinski definition) is 2. The van der Waals surface area contributed by atoms with Crippen molar-refractivity contribution in [2.45, 2.75) is 63.1 Å². The van der Waals surface area contributed by atoms with Crippen LogP contribution in [0.4, 0.5) is 13.2 Å². The molecular weight excluding hydrogens is 377 g/mol. The van der Waals surface area contributed by atoms with E-state index in [1.807, 2.05) is 0 Å². The first-order valence-electron chi connectivity index (χ1n) is 9.49. The van der Waals surface area contributed by atoms with E-state index in [1.165, 1.54) is 12.1 Å². The van der Waals surface area contributed by atoms with Crippen LogP contribution in [0.25, 0.3) is 0 Å². The molecule has 1 aliphatic heterocycles. The van der Waals surface area contributed by atoms with E-state index in [9.17, 15) is 18.0 Å². The van der Waals surface area contributed by atoms with Crippen LogP contribution in [0.2, 0.25) is 0 Å². The molecule has 0 aromatic heterocycles. The molecule has 1 aromatic rings. The third-order valence-corrected chi connectivity index (χ3v) is 5.96. The summed E-state index contributed by atoms with van der Waals surface area (Å²) < 4.78 is 39.3. The van der Waals surface area contributed by atoms with Gasteiger partial charge in [-0.2, -0.15) is 13.2 Å². The van der Waals surface area contributed by atoms with Crippen molar-refractivity contribution in [1.82, 2.24) is 10.6 Å². The average Bonchev–Trinajstić information content (AvgIpc) is 3.09. The Morgan fingerprint density at radius 1 is 1.30 bits per heavy atom. The van der Waals surface area contributed by atoms with Gasteiger partial charge in [0.05, 0.1) is 5.56 Å². The van der Waals surface area contributed by atoms with Crippen molar-refractivity contribution in [1.29, 1.82) is 0 Å². The number of carbonyl (C=O) groups is 1. The van der Waals surface area contributed by atoms with Crippen molar-refractivity contribution in [2.24, 2.45) is 5.92 Å². The first-order chi connectivity index (χ1) is 12.3. The van der Waals surface area contributed by atoms with Crippen molar-refractivity contribution in [3.8, 4) is 0 Å². The van der Waals surface area contributed by atoms with Gasteiger partial charge in [0.15, 0.2) is 0 Å². The molecule has 1 amide bonds. The van der Waals surface area contributed by atoms with E-state index in [0.29, 0.717) is 18.2 Å². The highest BCUT2D eigenvalue weighted by molar-refractivity contribution is 5.85. The molecule has 0 spiro atoms. The van der Waals surface area contributed by atoms with Crippen molar-refractivity contribution >= 4 is 18.3 Å². The number of nitrogens with one attached hydrogen (secondary N) is 2. The predicted molar refractivity (Wildman–Crippen MR) is 102 cm³/mol. The van der Waals surface area contributed by atoms with Gasteiger partial charge < -0.3 is 10.6 Å². The average molecular weight is 405 g/mol. The van der Waals surface area contributed by atoms with Crippen LogP contribution in [-0.2, 0) is 16.4 Å². The Morgan fingerprint density at radius 3 is 2.63 bits per heavy atom. The van der Waals surface area contributed by atoms with Gasteiger partial charge in [-0.25, -0.2) is 0 Å². The van der Waals surface area contributed by atoms with Gasteiger partial charge in [0.2, 0.25) is 5.91 Å². The van der Waals surface area contributed by atoms with Crippen LogP contribution >= 0.6 is 12.4 Å². The molecular formula is C20H28ClF3N2O. The van der Waals surface area contributed by atoms with E-state index in [0.717, 1.165) is 51.1 Å². The molecule has 7 heteroatoms. The summed E-state index contributed by atoms with van der Waals surface area (Å²) in [4.78, 5) is 12.6. The molecule has 2 atom stereocenters. The summed E-state index contributed by atoms with van der Waals surface area (Å²) in [5.41, 5.74) is -0.293. The fourth-order valence-electron chi connectivity index (χ4n) is 4.42. The van der Waals surface area contributed by atoms with Crippen LogP contribution < -0.4 is 10.6 Å². The minimum absolute atomic E-state index is 0. The molecule has 1 saturated heterocycles. The first-order valence-corrected chi connectivity index (χ1v) is 9.49. The van der Waals surface area contributed by atoms with Crippen LogP contribution in [0.15, 0.2) is 24.3 Å². The third-order valence-electron chi connectivity index (χ3n) is 5.96. The molecule has 1 saturated carbocycles. The van der Waals surface area contributed by atoms with Gasteiger partial charge in [-0.05, 0) is 50.8 Å². The zero-order valence-corrected chi connectivity index (χ0v) is 16.4. The SMILES string of the molecule is C[C@H]1C[C@@H](C(=O)NCC2(c3cccc(C(F)(F)F)c3)CCCC2)CCN1.Cl. The summed E-state index contributed by atoms with van der Waals surface area (Å²) >= 11 is 0. The minimum atomic E-state index is -4.34. The molecule has 1 heterocycles. The van der Waals surface area contributed by atoms with Crippen molar-refractivity contribution < 1.29 is 18.0 Å². The largest absolute Gasteiger partial charge is 0.416 e. The molecule has 0 unspecified atom stereocenters. The Labute approximate surface area is 164 Å². The highest BCUT2D eigenvalue weighted by Crippen LogP contribution is 2.42. The molecule has 1 aliphatic carbocycles. The molecule has 27 heavy (non-hydrogen) atoms. The summed E-state index contributed by atoms with van der Waals surface area (Å²) in [5.74, 6) is 0.0304. The van der Waals surface area contributed by atoms with Crippen molar-refractivity contribution in [2.75, 3.05) is 13.1 Å². The number of carbonyl (C=O) groups excluding carboxylic acids is 1. The zero-order valence-electron chi connectivity index (χ0n) is 15.6. The lowest BCUT2D eigenvalue weighted by Crippen LogP contribution is -2.46. The van der Waals surface area contributed by atoms with E-state index in [1.54, 1.807) is 6.07 Å². The maximum atomic E-state index is 13.1. The van der Waals surface area contributed by atoms with Crippen LogP contribution in [0.5, 0.6) is 0 Å². The predicted octanol–water partition coefficient (Wildman–Crippen LogP) is 4.44. The normalized spacial score (nSPS) is 24.9. The van der Waals surface area contributed by atoms with Crippen molar-refractivity contribution in [3.05, 3.63) is 35.4 Å². The lowest BCUT2D eigenvalue weighted by Gasteiger charge is -2.32. The first kappa shape index (κ1) is 22.0. The second-order valence-electron chi connectivity index (χ2n) is 7.86. The van der Waals surface area contributed by atoms with E-state index >= 15 is 0 Å². The minimum Gasteiger partial charge on any atom is -0.355 e. The third kappa shape index (κ3) is 5.17. The highest BCUT2D eigenvalue weighted by Gasteiger charge is 2.39. The number of amides is 1. The summed E-state index contributed by atoms with van der Waals surface area (Å²) in [5, 5.41) is 6.40. The van der Waals surface area contributed by atoms with E-state index in [4.69, 9.17) is 0 Å². The molecule has 3 rings (SSSR count). The fraction of sp³-hybridized carbons (Fsp3) is 0.650. The Balaban J connectivity index is 0.00000261. The summed E-state index contributed by atoms with van der Waals surface area (Å²) in [6.07, 6.45) is 0.876. The van der Waals surface area contributed by atoms with Crippen LogP contribution in [0, 0.1) is 5.92 Å². The zero-order chi connectivity index (χ0) is 18.8. The Hall–Kier alpha value is -1.27. The van der Waals surface area contributed by atoms with E-state index in [2.05, 4.69) is 17.6 Å². The lowest BCUT2D eigenvalue weighted by atomic mass is 9.78. The number of halogens is 4. The van der Waals surface area contributed by atoms with E-state index in [-0.39, 0.29) is 29.6 Å². The summed E-state index contributed by atoms with van der Waals surface area (Å²) in [7, 11) is 0. The number of benzene rings is 1. The second kappa shape index (κ2) is 8.82. The number of hydrogen-bond donors (Lipinski definition) is 2. The van der Waals surface area contributed by atoms with Gasteiger partial charge in [-0.3, -0.25) is 4.79 Å². The molecule has 2 aliphatic rings. The van der Waals surface area contributed by atoms with E-state index < -0.39 is 11.7 Å². The van der Waals surface area contributed by atoms with Crippen LogP contribution in [0.1, 0.15) is 56.6 Å². The lowest BCUT2D eigenvalue weighted by molar-refractivity contribution is -0.137. The molecule has 0 radical (unpaired) electrons. The second-order valence-corrected chi connectivity index (χ2v) is 7.86. The molecule has 0 bridgehead atoms. The number of rotatable bonds is 4. The Morgan fingerprint density at radius 2 is 2.00 bits per heavy atom. The molecule has 2 fully saturated rings. The summed E-state index contributed by atoms with van der Waals surface area (Å²) in [6, 6.07) is 5.96. The van der Waals surface area contributed by atoms with Gasteiger partial charge in [0.1, 0.15) is 0 Å². The van der Waals surface area contributed by atoms with Crippen LogP contribution in [0.3, 0.4) is 0 Å². The molecule has 3 nitrogen and oxygen atoms in total. The highest BCUT2D eigenvalue weighted by atomic mass is 35.5. The maximum absolute atomic E-state index is 13.1. The smallest absolute Gasteiger partial charge is 0.355 e. The quantitative estimate of drug-likeness (QED) is 0.778. The molecule has 2 N–H and O–H groups in total. The van der Waals surface area contributed by atoms with Gasteiger partial charge >= 0.3 is 6.18 Å². The fourth-order valence-corrected chi connectivity index (χ4v) is 4.42. The molecule has 152 valence electrons. The van der Waals surface area contributed by atoms with Crippen molar-refractivity contribution in [3.63, 3.8) is 0 Å². The van der Waals surface area contributed by atoms with Crippen LogP contribution in [-0.4, -0.2) is 25.0 Å².